The minimum absolute atomic E-state index is 0.834. The van der Waals surface area contributed by atoms with E-state index in [4.69, 9.17) is 4.42 Å². The van der Waals surface area contributed by atoms with Crippen molar-refractivity contribution in [2.45, 2.75) is 12.8 Å². The first kappa shape index (κ1) is 9.39. The van der Waals surface area contributed by atoms with Crippen LogP contribution in [0.3, 0.4) is 0 Å². The Morgan fingerprint density at radius 3 is 2.62 bits per heavy atom. The molecule has 3 heterocycles. The lowest BCUT2D eigenvalue weighted by molar-refractivity contribution is 0.558. The van der Waals surface area contributed by atoms with E-state index in [1.807, 2.05) is 12.3 Å². The second-order valence-corrected chi connectivity index (χ2v) is 3.97. The van der Waals surface area contributed by atoms with Crippen LogP contribution in [0.4, 0.5) is 5.82 Å². The number of nitrogens with zero attached hydrogens (tertiary/aromatic N) is 3. The molecule has 0 spiro atoms. The number of aromatic nitrogens is 2. The van der Waals surface area contributed by atoms with Crippen molar-refractivity contribution in [3.05, 3.63) is 31.0 Å². The molecule has 1 aliphatic rings. The smallest absolute Gasteiger partial charge is 0.181 e. The molecular weight excluding hydrogens is 202 g/mol. The average Bonchev–Trinajstić information content (AvgIpc) is 3.03. The van der Waals surface area contributed by atoms with Gasteiger partial charge in [-0.2, -0.15) is 0 Å². The van der Waals surface area contributed by atoms with E-state index >= 15 is 0 Å². The Morgan fingerprint density at radius 1 is 1.12 bits per heavy atom. The molecule has 0 saturated carbocycles. The van der Waals surface area contributed by atoms with Crippen LogP contribution in [0.15, 0.2) is 35.4 Å². The summed E-state index contributed by atoms with van der Waals surface area (Å²) in [6, 6.07) is 4.09. The number of hydrogen-bond acceptors (Lipinski definition) is 4. The molecule has 4 nitrogen and oxygen atoms in total. The van der Waals surface area contributed by atoms with Crippen LogP contribution in [-0.4, -0.2) is 23.1 Å². The van der Waals surface area contributed by atoms with Crippen molar-refractivity contribution in [3.63, 3.8) is 0 Å². The highest BCUT2D eigenvalue weighted by molar-refractivity contribution is 5.58. The van der Waals surface area contributed by atoms with Crippen LogP contribution in [0.2, 0.25) is 0 Å². The fraction of sp³-hybridized carbons (Fsp3) is 0.333. The molecular formula is C12H13N3O. The fourth-order valence-corrected chi connectivity index (χ4v) is 2.03. The van der Waals surface area contributed by atoms with Crippen molar-refractivity contribution >= 4 is 5.82 Å². The van der Waals surface area contributed by atoms with Gasteiger partial charge >= 0.3 is 0 Å². The van der Waals surface area contributed by atoms with Gasteiger partial charge in [0.2, 0.25) is 0 Å². The third-order valence-corrected chi connectivity index (χ3v) is 2.91. The van der Waals surface area contributed by atoms with Crippen LogP contribution in [0.5, 0.6) is 0 Å². The zero-order valence-corrected chi connectivity index (χ0v) is 8.97. The van der Waals surface area contributed by atoms with Crippen molar-refractivity contribution in [2.24, 2.45) is 0 Å². The molecule has 4 heteroatoms. The maximum absolute atomic E-state index is 4.95. The van der Waals surface area contributed by atoms with Crippen LogP contribution in [0.25, 0.3) is 11.3 Å². The first-order valence-electron chi connectivity index (χ1n) is 5.53. The van der Waals surface area contributed by atoms with Crippen LogP contribution in [0, 0.1) is 0 Å². The fourth-order valence-electron chi connectivity index (χ4n) is 2.03. The van der Waals surface area contributed by atoms with E-state index in [9.17, 15) is 0 Å². The van der Waals surface area contributed by atoms with Crippen molar-refractivity contribution in [1.82, 2.24) is 9.97 Å². The third kappa shape index (κ3) is 1.66. The molecule has 1 saturated heterocycles. The molecule has 3 rings (SSSR count). The Hall–Kier alpha value is -1.84. The van der Waals surface area contributed by atoms with E-state index in [2.05, 4.69) is 20.9 Å². The SMILES string of the molecule is c1nc(-c2ccc(N3CCCC3)nc2)co1. The van der Waals surface area contributed by atoms with Gasteiger partial charge in [-0.1, -0.05) is 0 Å². The maximum Gasteiger partial charge on any atom is 0.181 e. The molecule has 0 N–H and O–H groups in total. The van der Waals surface area contributed by atoms with Gasteiger partial charge in [-0.25, -0.2) is 9.97 Å². The summed E-state index contributed by atoms with van der Waals surface area (Å²) >= 11 is 0. The molecule has 82 valence electrons. The van der Waals surface area contributed by atoms with Crippen molar-refractivity contribution in [3.8, 4) is 11.3 Å². The highest BCUT2D eigenvalue weighted by Gasteiger charge is 2.13. The van der Waals surface area contributed by atoms with Crippen LogP contribution < -0.4 is 4.90 Å². The van der Waals surface area contributed by atoms with Gasteiger partial charge in [-0.15, -0.1) is 0 Å². The van der Waals surface area contributed by atoms with Gasteiger partial charge in [0, 0.05) is 24.8 Å². The molecule has 1 fully saturated rings. The molecule has 2 aromatic heterocycles. The topological polar surface area (TPSA) is 42.2 Å². The van der Waals surface area contributed by atoms with Gasteiger partial charge in [0.1, 0.15) is 17.8 Å². The summed E-state index contributed by atoms with van der Waals surface area (Å²) in [5, 5.41) is 0. The van der Waals surface area contributed by atoms with E-state index in [1.165, 1.54) is 19.2 Å². The zero-order chi connectivity index (χ0) is 10.8. The Balaban J connectivity index is 1.84. The quantitative estimate of drug-likeness (QED) is 0.771. The van der Waals surface area contributed by atoms with Crippen LogP contribution in [-0.2, 0) is 0 Å². The predicted molar refractivity (Wildman–Crippen MR) is 61.2 cm³/mol. The number of hydrogen-bond donors (Lipinski definition) is 0. The second-order valence-electron chi connectivity index (χ2n) is 3.97. The first-order chi connectivity index (χ1) is 7.93. The largest absolute Gasteiger partial charge is 0.451 e. The summed E-state index contributed by atoms with van der Waals surface area (Å²) in [6.07, 6.45) is 7.46. The molecule has 2 aromatic rings. The molecule has 0 aromatic carbocycles. The number of anilines is 1. The highest BCUT2D eigenvalue weighted by atomic mass is 16.3. The van der Waals surface area contributed by atoms with Gasteiger partial charge < -0.3 is 9.32 Å². The second kappa shape index (κ2) is 3.96. The lowest BCUT2D eigenvalue weighted by Crippen LogP contribution is -2.18. The third-order valence-electron chi connectivity index (χ3n) is 2.91. The van der Waals surface area contributed by atoms with Crippen molar-refractivity contribution < 1.29 is 4.42 Å². The van der Waals surface area contributed by atoms with Gasteiger partial charge in [-0.3, -0.25) is 0 Å². The predicted octanol–water partition coefficient (Wildman–Crippen LogP) is 2.34. The molecule has 0 aliphatic carbocycles. The van der Waals surface area contributed by atoms with Gasteiger partial charge in [0.05, 0.1) is 0 Å². The van der Waals surface area contributed by atoms with Crippen LogP contribution in [0.1, 0.15) is 12.8 Å². The maximum atomic E-state index is 4.95. The molecule has 0 bridgehead atoms. The molecule has 1 aliphatic heterocycles. The zero-order valence-electron chi connectivity index (χ0n) is 8.97. The Labute approximate surface area is 93.9 Å². The molecule has 0 unspecified atom stereocenters. The Morgan fingerprint density at radius 2 is 2.00 bits per heavy atom. The minimum Gasteiger partial charge on any atom is -0.451 e. The standard InChI is InChI=1S/C12H13N3O/c1-2-6-15(5-1)12-4-3-10(7-13-12)11-8-16-9-14-11/h3-4,7-9H,1-2,5-6H2. The van der Waals surface area contributed by atoms with Crippen molar-refractivity contribution in [2.75, 3.05) is 18.0 Å². The lowest BCUT2D eigenvalue weighted by atomic mass is 10.2. The van der Waals surface area contributed by atoms with Gasteiger partial charge in [0.15, 0.2) is 6.39 Å². The summed E-state index contributed by atoms with van der Waals surface area (Å²) in [4.78, 5) is 10.9. The normalized spacial score (nSPS) is 15.6. The number of oxazole rings is 1. The summed E-state index contributed by atoms with van der Waals surface area (Å²) < 4.78 is 4.95. The van der Waals surface area contributed by atoms with Gasteiger partial charge in [-0.05, 0) is 25.0 Å². The Kier molecular flexibility index (Phi) is 2.33. The summed E-state index contributed by atoms with van der Waals surface area (Å²) in [6.45, 7) is 2.24. The number of rotatable bonds is 2. The molecule has 16 heavy (non-hydrogen) atoms. The summed E-state index contributed by atoms with van der Waals surface area (Å²) in [5.74, 6) is 1.06. The first-order valence-corrected chi connectivity index (χ1v) is 5.53. The van der Waals surface area contributed by atoms with E-state index in [0.717, 1.165) is 30.2 Å². The summed E-state index contributed by atoms with van der Waals surface area (Å²) in [5.41, 5.74) is 1.83. The average molecular weight is 215 g/mol. The molecule has 0 atom stereocenters. The lowest BCUT2D eigenvalue weighted by Gasteiger charge is -2.15. The van der Waals surface area contributed by atoms with E-state index < -0.39 is 0 Å². The van der Waals surface area contributed by atoms with Crippen molar-refractivity contribution in [1.29, 1.82) is 0 Å². The molecule has 0 amide bonds. The monoisotopic (exact) mass is 215 g/mol. The van der Waals surface area contributed by atoms with Gasteiger partial charge in [0.25, 0.3) is 0 Å². The number of pyridine rings is 1. The Bertz CT molecular complexity index is 444. The van der Waals surface area contributed by atoms with Crippen LogP contribution >= 0.6 is 0 Å². The highest BCUT2D eigenvalue weighted by Crippen LogP contribution is 2.21. The van der Waals surface area contributed by atoms with E-state index in [1.54, 1.807) is 6.26 Å². The summed E-state index contributed by atoms with van der Waals surface area (Å²) in [7, 11) is 0. The van der Waals surface area contributed by atoms with E-state index in [0.29, 0.717) is 0 Å². The van der Waals surface area contributed by atoms with E-state index in [-0.39, 0.29) is 0 Å². The minimum atomic E-state index is 0.834. The molecule has 0 radical (unpaired) electrons.